The van der Waals surface area contributed by atoms with Crippen LogP contribution in [0.15, 0.2) is 55.0 Å². The summed E-state index contributed by atoms with van der Waals surface area (Å²) in [5, 5.41) is 2.81. The van der Waals surface area contributed by atoms with E-state index in [1.54, 1.807) is 12.1 Å². The molecule has 6 nitrogen and oxygen atoms in total. The Kier molecular flexibility index (Phi) is 5.02. The smallest absolute Gasteiger partial charge is 0.419 e. The van der Waals surface area contributed by atoms with E-state index in [1.807, 2.05) is 0 Å². The predicted molar refractivity (Wildman–Crippen MR) is 91.3 cm³/mol. The topological polar surface area (TPSA) is 77.0 Å². The van der Waals surface area contributed by atoms with Crippen LogP contribution in [0.1, 0.15) is 15.9 Å². The van der Waals surface area contributed by atoms with E-state index in [4.69, 9.17) is 0 Å². The van der Waals surface area contributed by atoms with Crippen LogP contribution in [0.4, 0.5) is 24.8 Å². The van der Waals surface area contributed by atoms with Gasteiger partial charge in [-0.1, -0.05) is 0 Å². The molecule has 2 heterocycles. The van der Waals surface area contributed by atoms with Gasteiger partial charge in [0, 0.05) is 29.8 Å². The van der Waals surface area contributed by atoms with Crippen molar-refractivity contribution in [3.05, 3.63) is 66.1 Å². The van der Waals surface area contributed by atoms with Gasteiger partial charge in [0.1, 0.15) is 5.56 Å². The Hall–Kier alpha value is -3.49. The quantitative estimate of drug-likeness (QED) is 0.693. The maximum Gasteiger partial charge on any atom is 0.419 e. The molecule has 0 aliphatic carbocycles. The van der Waals surface area contributed by atoms with Gasteiger partial charge >= 0.3 is 12.1 Å². The Morgan fingerprint density at radius 3 is 2.44 bits per heavy atom. The van der Waals surface area contributed by atoms with Crippen LogP contribution in [-0.4, -0.2) is 28.0 Å². The van der Waals surface area contributed by atoms with Crippen molar-refractivity contribution >= 4 is 17.6 Å². The van der Waals surface area contributed by atoms with Gasteiger partial charge in [-0.2, -0.15) is 13.2 Å². The van der Waals surface area contributed by atoms with Crippen LogP contribution in [0.3, 0.4) is 0 Å². The molecule has 0 bridgehead atoms. The summed E-state index contributed by atoms with van der Waals surface area (Å²) in [6.45, 7) is 0. The highest BCUT2D eigenvalue weighted by Crippen LogP contribution is 2.36. The van der Waals surface area contributed by atoms with E-state index in [0.717, 1.165) is 6.20 Å². The van der Waals surface area contributed by atoms with Crippen molar-refractivity contribution in [2.24, 2.45) is 0 Å². The van der Waals surface area contributed by atoms with Gasteiger partial charge in [0.15, 0.2) is 0 Å². The average Bonchev–Trinajstić information content (AvgIpc) is 2.68. The molecule has 3 rings (SSSR count). The highest BCUT2D eigenvalue weighted by atomic mass is 19.4. The van der Waals surface area contributed by atoms with Gasteiger partial charge in [-0.3, -0.25) is 4.98 Å². The van der Waals surface area contributed by atoms with Crippen molar-refractivity contribution in [2.75, 3.05) is 12.4 Å². The molecule has 27 heavy (non-hydrogen) atoms. The number of ether oxygens (including phenoxy) is 1. The molecule has 0 aliphatic heterocycles. The number of carbonyl (C=O) groups excluding carboxylic acids is 1. The second kappa shape index (κ2) is 7.40. The highest BCUT2D eigenvalue weighted by molar-refractivity contribution is 5.89. The second-order valence-electron chi connectivity index (χ2n) is 5.39. The molecule has 9 heteroatoms. The first-order valence-electron chi connectivity index (χ1n) is 7.68. The Bertz CT molecular complexity index is 945. The summed E-state index contributed by atoms with van der Waals surface area (Å²) in [6, 6.07) is 9.17. The summed E-state index contributed by atoms with van der Waals surface area (Å²) in [5.41, 5.74) is -0.176. The first-order valence-corrected chi connectivity index (χ1v) is 7.68. The van der Waals surface area contributed by atoms with Crippen LogP contribution in [0.5, 0.6) is 0 Å². The Morgan fingerprint density at radius 2 is 1.85 bits per heavy atom. The summed E-state index contributed by atoms with van der Waals surface area (Å²) < 4.78 is 44.5. The lowest BCUT2D eigenvalue weighted by atomic mass is 10.1. The number of nitrogens with zero attached hydrogens (tertiary/aromatic N) is 3. The van der Waals surface area contributed by atoms with Crippen LogP contribution in [0, 0.1) is 0 Å². The summed E-state index contributed by atoms with van der Waals surface area (Å²) in [7, 11) is 1.27. The van der Waals surface area contributed by atoms with E-state index in [9.17, 15) is 18.0 Å². The maximum absolute atomic E-state index is 13.3. The van der Waals surface area contributed by atoms with Crippen molar-refractivity contribution in [3.8, 4) is 11.3 Å². The van der Waals surface area contributed by atoms with Gasteiger partial charge in [0.05, 0.1) is 18.4 Å². The van der Waals surface area contributed by atoms with Gasteiger partial charge in [-0.15, -0.1) is 0 Å². The van der Waals surface area contributed by atoms with Crippen molar-refractivity contribution in [1.82, 2.24) is 15.0 Å². The lowest BCUT2D eigenvalue weighted by molar-refractivity contribution is -0.137. The zero-order valence-corrected chi connectivity index (χ0v) is 14.0. The van der Waals surface area contributed by atoms with Crippen LogP contribution < -0.4 is 5.32 Å². The highest BCUT2D eigenvalue weighted by Gasteiger charge is 2.35. The van der Waals surface area contributed by atoms with Crippen molar-refractivity contribution < 1.29 is 22.7 Å². The minimum absolute atomic E-state index is 0.0207. The molecule has 0 saturated heterocycles. The standard InChI is InChI=1S/C18H13F3N4O2/c1-27-16(26)11-4-6-13(7-5-11)24-17-23-10-14(18(19,20)21)15(25-17)12-3-2-8-22-9-12/h2-10H,1H3,(H,23,24,25). The fraction of sp³-hybridized carbons (Fsp3) is 0.111. The van der Waals surface area contributed by atoms with Crippen LogP contribution in [-0.2, 0) is 10.9 Å². The first kappa shape index (κ1) is 18.3. The fourth-order valence-electron chi connectivity index (χ4n) is 2.31. The number of carbonyl (C=O) groups is 1. The minimum Gasteiger partial charge on any atom is -0.465 e. The van der Waals surface area contributed by atoms with E-state index in [2.05, 4.69) is 25.0 Å². The number of hydrogen-bond donors (Lipinski definition) is 1. The molecular formula is C18H13F3N4O2. The number of nitrogens with one attached hydrogen (secondary N) is 1. The molecule has 1 N–H and O–H groups in total. The number of esters is 1. The second-order valence-corrected chi connectivity index (χ2v) is 5.39. The number of alkyl halides is 3. The van der Waals surface area contributed by atoms with Crippen molar-refractivity contribution in [3.63, 3.8) is 0 Å². The molecule has 0 atom stereocenters. The SMILES string of the molecule is COC(=O)c1ccc(Nc2ncc(C(F)(F)F)c(-c3cccnc3)n2)cc1. The molecule has 0 unspecified atom stereocenters. The van der Waals surface area contributed by atoms with Crippen LogP contribution >= 0.6 is 0 Å². The molecule has 3 aromatic rings. The normalized spacial score (nSPS) is 11.1. The summed E-state index contributed by atoms with van der Waals surface area (Å²) in [6.07, 6.45) is -1.13. The number of aromatic nitrogens is 3. The number of halogens is 3. The Morgan fingerprint density at radius 1 is 1.11 bits per heavy atom. The molecule has 0 amide bonds. The lowest BCUT2D eigenvalue weighted by Gasteiger charge is -2.13. The summed E-state index contributed by atoms with van der Waals surface area (Å²) in [5.74, 6) is -0.515. The van der Waals surface area contributed by atoms with E-state index in [1.165, 1.54) is 43.8 Å². The fourth-order valence-corrected chi connectivity index (χ4v) is 2.31. The third-order valence-electron chi connectivity index (χ3n) is 3.59. The molecule has 0 radical (unpaired) electrons. The van der Waals surface area contributed by atoms with Crippen LogP contribution in [0.25, 0.3) is 11.3 Å². The summed E-state index contributed by atoms with van der Waals surface area (Å²) in [4.78, 5) is 23.0. The molecule has 1 aromatic carbocycles. The number of hydrogen-bond acceptors (Lipinski definition) is 6. The number of anilines is 2. The molecular weight excluding hydrogens is 361 g/mol. The monoisotopic (exact) mass is 374 g/mol. The molecule has 0 saturated carbocycles. The molecule has 138 valence electrons. The molecule has 0 fully saturated rings. The zero-order chi connectivity index (χ0) is 19.4. The summed E-state index contributed by atoms with van der Waals surface area (Å²) >= 11 is 0. The van der Waals surface area contributed by atoms with E-state index < -0.39 is 17.7 Å². The van der Waals surface area contributed by atoms with E-state index in [-0.39, 0.29) is 17.2 Å². The molecule has 2 aromatic heterocycles. The zero-order valence-electron chi connectivity index (χ0n) is 14.0. The number of benzene rings is 1. The first-order chi connectivity index (χ1) is 12.9. The van der Waals surface area contributed by atoms with E-state index >= 15 is 0 Å². The van der Waals surface area contributed by atoms with E-state index in [0.29, 0.717) is 11.3 Å². The maximum atomic E-state index is 13.3. The number of methoxy groups -OCH3 is 1. The predicted octanol–water partition coefficient (Wildman–Crippen LogP) is 4.09. The molecule has 0 spiro atoms. The molecule has 0 aliphatic rings. The van der Waals surface area contributed by atoms with Gasteiger partial charge in [-0.05, 0) is 36.4 Å². The van der Waals surface area contributed by atoms with Crippen molar-refractivity contribution in [2.45, 2.75) is 6.18 Å². The largest absolute Gasteiger partial charge is 0.465 e. The van der Waals surface area contributed by atoms with Gasteiger partial charge in [0.25, 0.3) is 0 Å². The third kappa shape index (κ3) is 4.20. The van der Waals surface area contributed by atoms with Crippen LogP contribution in [0.2, 0.25) is 0 Å². The average molecular weight is 374 g/mol. The van der Waals surface area contributed by atoms with Gasteiger partial charge in [0.2, 0.25) is 5.95 Å². The third-order valence-corrected chi connectivity index (χ3v) is 3.59. The van der Waals surface area contributed by atoms with Gasteiger partial charge < -0.3 is 10.1 Å². The number of pyridine rings is 1. The lowest BCUT2D eigenvalue weighted by Crippen LogP contribution is -2.11. The Labute approximate surface area is 152 Å². The van der Waals surface area contributed by atoms with Crippen molar-refractivity contribution in [1.29, 1.82) is 0 Å². The Balaban J connectivity index is 1.94. The van der Waals surface area contributed by atoms with Gasteiger partial charge in [-0.25, -0.2) is 14.8 Å². The number of rotatable bonds is 4. The minimum atomic E-state index is -4.61.